The molecule has 3 aliphatic carbocycles. The third-order valence-electron chi connectivity index (χ3n) is 8.41. The number of carbonyl (C=O) groups is 1. The fourth-order valence-corrected chi connectivity index (χ4v) is 7.29. The summed E-state index contributed by atoms with van der Waals surface area (Å²) in [6.45, 7) is 2.05. The topological polar surface area (TPSA) is 116 Å². The highest BCUT2D eigenvalue weighted by atomic mass is 32.2. The molecular weight excluding hydrogens is 454 g/mol. The zero-order valence-corrected chi connectivity index (χ0v) is 20.1. The van der Waals surface area contributed by atoms with Crippen LogP contribution in [0.4, 0.5) is 0 Å². The Morgan fingerprint density at radius 2 is 1.88 bits per heavy atom. The first-order chi connectivity index (χ1) is 16.1. The molecule has 3 aliphatic rings. The minimum Gasteiger partial charge on any atom is -0.508 e. The van der Waals surface area contributed by atoms with Crippen molar-refractivity contribution < 1.29 is 27.8 Å². The molecule has 0 spiro atoms. The third-order valence-corrected chi connectivity index (χ3v) is 9.34. The number of esters is 1. The van der Waals surface area contributed by atoms with Crippen molar-refractivity contribution in [2.75, 3.05) is 6.61 Å². The van der Waals surface area contributed by atoms with Gasteiger partial charge in [0.05, 0.1) is 4.90 Å². The molecule has 0 radical (unpaired) electrons. The molecule has 182 valence electrons. The van der Waals surface area contributed by atoms with E-state index in [1.54, 1.807) is 6.07 Å². The number of ether oxygens (including phenoxy) is 2. The van der Waals surface area contributed by atoms with Gasteiger partial charge >= 0.3 is 5.97 Å². The summed E-state index contributed by atoms with van der Waals surface area (Å²) in [5.41, 5.74) is 2.63. The maximum Gasteiger partial charge on any atom is 0.344 e. The smallest absolute Gasteiger partial charge is 0.344 e. The maximum absolute atomic E-state index is 12.6. The lowest BCUT2D eigenvalue weighted by molar-refractivity contribution is -0.159. The van der Waals surface area contributed by atoms with Gasteiger partial charge in [-0.2, -0.15) is 0 Å². The van der Waals surface area contributed by atoms with Crippen LogP contribution in [-0.2, 0) is 26.0 Å². The minimum absolute atomic E-state index is 0.00918. The minimum atomic E-state index is -3.77. The van der Waals surface area contributed by atoms with Crippen molar-refractivity contribution >= 4 is 16.0 Å². The Bertz CT molecular complexity index is 1190. The molecule has 7 nitrogen and oxygen atoms in total. The van der Waals surface area contributed by atoms with Crippen molar-refractivity contribution in [2.24, 2.45) is 22.4 Å². The fourth-order valence-electron chi connectivity index (χ4n) is 6.77. The number of phenolic OH excluding ortho intramolecular Hbond substituents is 1. The first-order valence-electron chi connectivity index (χ1n) is 11.9. The Morgan fingerprint density at radius 3 is 2.62 bits per heavy atom. The van der Waals surface area contributed by atoms with Crippen LogP contribution in [0.5, 0.6) is 11.5 Å². The fraction of sp³-hybridized carbons (Fsp3) is 0.500. The third kappa shape index (κ3) is 4.18. The van der Waals surface area contributed by atoms with E-state index in [1.807, 2.05) is 6.07 Å². The lowest BCUT2D eigenvalue weighted by Crippen LogP contribution is -2.45. The number of carbonyl (C=O) groups excluding carboxylic acids is 1. The summed E-state index contributed by atoms with van der Waals surface area (Å²) in [7, 11) is -3.77. The summed E-state index contributed by atoms with van der Waals surface area (Å²) in [5, 5.41) is 15.0. The lowest BCUT2D eigenvalue weighted by atomic mass is 9.55. The van der Waals surface area contributed by atoms with Crippen molar-refractivity contribution in [3.05, 3.63) is 53.6 Å². The summed E-state index contributed by atoms with van der Waals surface area (Å²) in [6.07, 6.45) is 5.96. The van der Waals surface area contributed by atoms with Crippen molar-refractivity contribution in [1.82, 2.24) is 0 Å². The van der Waals surface area contributed by atoms with Crippen molar-refractivity contribution in [1.29, 1.82) is 0 Å². The average Bonchev–Trinajstić information content (AvgIpc) is 3.13. The highest BCUT2D eigenvalue weighted by Gasteiger charge is 2.56. The van der Waals surface area contributed by atoms with Gasteiger partial charge in [-0.25, -0.2) is 18.4 Å². The van der Waals surface area contributed by atoms with E-state index < -0.39 is 16.0 Å². The van der Waals surface area contributed by atoms with Gasteiger partial charge in [0.25, 0.3) is 0 Å². The number of benzene rings is 2. The number of primary sulfonamides is 1. The molecule has 34 heavy (non-hydrogen) atoms. The van der Waals surface area contributed by atoms with Gasteiger partial charge in [0.1, 0.15) is 17.6 Å². The highest BCUT2D eigenvalue weighted by molar-refractivity contribution is 7.89. The number of nitrogens with two attached hydrogens (primary N) is 1. The molecule has 2 aromatic rings. The summed E-state index contributed by atoms with van der Waals surface area (Å²) < 4.78 is 34.2. The standard InChI is InChI=1S/C26H31NO6S/c1-26-13-12-21-20-9-3-17(28)14-16(20)2-8-22(21)23(26)10-11-24(26)33-25(29)15-32-18-4-6-19(7-5-18)34(27,30)31/h3-7,9,14,21-24,28H,2,8,10-13,15H2,1H3,(H2,27,30,31). The Kier molecular flexibility index (Phi) is 5.84. The zero-order chi connectivity index (χ0) is 24.1. The molecule has 5 atom stereocenters. The van der Waals surface area contributed by atoms with Crippen LogP contribution in [0.3, 0.4) is 0 Å². The second-order valence-corrected chi connectivity index (χ2v) is 11.8. The van der Waals surface area contributed by atoms with Gasteiger partial charge in [0.2, 0.25) is 10.0 Å². The number of rotatable bonds is 5. The molecule has 0 heterocycles. The number of hydrogen-bond donors (Lipinski definition) is 2. The lowest BCUT2D eigenvalue weighted by Gasteiger charge is -2.50. The maximum atomic E-state index is 12.6. The molecule has 5 rings (SSSR count). The number of fused-ring (bicyclic) bond motifs is 5. The summed E-state index contributed by atoms with van der Waals surface area (Å²) in [6, 6.07) is 11.5. The van der Waals surface area contributed by atoms with Crippen LogP contribution in [0.15, 0.2) is 47.4 Å². The molecular formula is C26H31NO6S. The van der Waals surface area contributed by atoms with Crippen LogP contribution in [0, 0.1) is 17.3 Å². The van der Waals surface area contributed by atoms with Gasteiger partial charge in [-0.05, 0) is 104 Å². The first kappa shape index (κ1) is 23.2. The molecule has 5 unspecified atom stereocenters. The van der Waals surface area contributed by atoms with Crippen molar-refractivity contribution in [3.8, 4) is 11.5 Å². The van der Waals surface area contributed by atoms with E-state index in [0.717, 1.165) is 38.5 Å². The van der Waals surface area contributed by atoms with E-state index in [0.29, 0.717) is 29.3 Å². The van der Waals surface area contributed by atoms with Crippen molar-refractivity contribution in [3.63, 3.8) is 0 Å². The number of hydrogen-bond acceptors (Lipinski definition) is 6. The van der Waals surface area contributed by atoms with Crippen LogP contribution in [-0.4, -0.2) is 32.2 Å². The quantitative estimate of drug-likeness (QED) is 0.621. The average molecular weight is 486 g/mol. The van der Waals surface area contributed by atoms with Crippen molar-refractivity contribution in [2.45, 2.75) is 62.4 Å². The van der Waals surface area contributed by atoms with Crippen LogP contribution in [0.2, 0.25) is 0 Å². The Hall–Kier alpha value is -2.58. The van der Waals surface area contributed by atoms with E-state index in [1.165, 1.54) is 35.4 Å². The predicted molar refractivity (Wildman–Crippen MR) is 126 cm³/mol. The van der Waals surface area contributed by atoms with Crippen LogP contribution >= 0.6 is 0 Å². The predicted octanol–water partition coefficient (Wildman–Crippen LogP) is 3.89. The highest BCUT2D eigenvalue weighted by Crippen LogP contribution is 2.61. The molecule has 0 bridgehead atoms. The number of aryl methyl sites for hydroxylation is 1. The van der Waals surface area contributed by atoms with Gasteiger partial charge in [0, 0.05) is 5.41 Å². The normalized spacial score (nSPS) is 30.1. The Labute approximate surface area is 200 Å². The molecule has 0 aromatic heterocycles. The number of sulfonamides is 1. The van der Waals surface area contributed by atoms with E-state index in [2.05, 4.69) is 13.0 Å². The molecule has 2 fully saturated rings. The monoisotopic (exact) mass is 485 g/mol. The van der Waals surface area contributed by atoms with E-state index in [9.17, 15) is 18.3 Å². The van der Waals surface area contributed by atoms with Gasteiger partial charge in [0.15, 0.2) is 6.61 Å². The molecule has 0 saturated heterocycles. The molecule has 3 N–H and O–H groups in total. The van der Waals surface area contributed by atoms with Crippen LogP contribution < -0.4 is 9.88 Å². The number of aromatic hydroxyl groups is 1. The molecule has 0 aliphatic heterocycles. The largest absolute Gasteiger partial charge is 0.508 e. The summed E-state index contributed by atoms with van der Waals surface area (Å²) in [4.78, 5) is 12.6. The van der Waals surface area contributed by atoms with E-state index in [4.69, 9.17) is 14.6 Å². The SMILES string of the molecule is CC12CCC3c4ccc(O)cc4CCC3C1CCC2OC(=O)COc1ccc(S(N)(=O)=O)cc1. The van der Waals surface area contributed by atoms with Gasteiger partial charge < -0.3 is 14.6 Å². The van der Waals surface area contributed by atoms with Gasteiger partial charge in [-0.15, -0.1) is 0 Å². The first-order valence-corrected chi connectivity index (χ1v) is 13.5. The Balaban J connectivity index is 1.21. The van der Waals surface area contributed by atoms with Crippen LogP contribution in [0.1, 0.15) is 56.1 Å². The number of phenols is 1. The summed E-state index contributed by atoms with van der Waals surface area (Å²) in [5.74, 6) is 1.92. The zero-order valence-electron chi connectivity index (χ0n) is 19.3. The van der Waals surface area contributed by atoms with E-state index >= 15 is 0 Å². The van der Waals surface area contributed by atoms with E-state index in [-0.39, 0.29) is 23.0 Å². The molecule has 8 heteroatoms. The van der Waals surface area contributed by atoms with Gasteiger partial charge in [-0.3, -0.25) is 0 Å². The molecule has 2 saturated carbocycles. The molecule has 0 amide bonds. The van der Waals surface area contributed by atoms with Crippen LogP contribution in [0.25, 0.3) is 0 Å². The Morgan fingerprint density at radius 1 is 1.12 bits per heavy atom. The second kappa shape index (κ2) is 8.57. The second-order valence-electron chi connectivity index (χ2n) is 10.2. The molecule has 2 aromatic carbocycles. The summed E-state index contributed by atoms with van der Waals surface area (Å²) >= 11 is 0. The van der Waals surface area contributed by atoms with Gasteiger partial charge in [-0.1, -0.05) is 13.0 Å².